The number of hydrogen-bond acceptors (Lipinski definition) is 4. The van der Waals surface area contributed by atoms with Crippen molar-refractivity contribution < 1.29 is 15.3 Å². The van der Waals surface area contributed by atoms with Crippen molar-refractivity contribution in [3.05, 3.63) is 23.8 Å². The van der Waals surface area contributed by atoms with E-state index in [0.717, 1.165) is 12.8 Å². The van der Waals surface area contributed by atoms with E-state index in [1.165, 1.54) is 18.2 Å². The number of hydrogen-bond donors (Lipinski definition) is 4. The Labute approximate surface area is 115 Å². The normalized spacial score (nSPS) is 14.6. The van der Waals surface area contributed by atoms with Gasteiger partial charge in [-0.05, 0) is 31.0 Å². The predicted octanol–water partition coefficient (Wildman–Crippen LogP) is 2.55. The van der Waals surface area contributed by atoms with Crippen LogP contribution in [0.2, 0.25) is 0 Å². The third-order valence-corrected chi connectivity index (χ3v) is 3.70. The van der Waals surface area contributed by atoms with Gasteiger partial charge in [0.2, 0.25) is 0 Å². The minimum atomic E-state index is -0.392. The summed E-state index contributed by atoms with van der Waals surface area (Å²) in [4.78, 5) is 0. The van der Waals surface area contributed by atoms with Gasteiger partial charge in [-0.2, -0.15) is 0 Å². The van der Waals surface area contributed by atoms with Crippen LogP contribution in [0.15, 0.2) is 18.2 Å². The number of nitrogens with one attached hydrogen (secondary N) is 1. The van der Waals surface area contributed by atoms with Crippen molar-refractivity contribution >= 4 is 0 Å². The summed E-state index contributed by atoms with van der Waals surface area (Å²) in [6, 6.07) is 4.33. The first-order chi connectivity index (χ1) is 8.99. The van der Waals surface area contributed by atoms with E-state index in [0.29, 0.717) is 12.1 Å². The number of phenols is 2. The molecule has 0 aromatic heterocycles. The van der Waals surface area contributed by atoms with Crippen molar-refractivity contribution in [2.24, 2.45) is 5.92 Å². The molecule has 0 aliphatic carbocycles. The smallest absolute Gasteiger partial charge is 0.120 e. The monoisotopic (exact) mass is 267 g/mol. The number of phenolic OH excluding ortho intramolecular Hbond substituents is 2. The maximum absolute atomic E-state index is 10.1. The molecule has 4 N–H and O–H groups in total. The molecule has 0 saturated carbocycles. The van der Waals surface area contributed by atoms with E-state index in [9.17, 15) is 15.3 Å². The molecule has 0 radical (unpaired) electrons. The average Bonchev–Trinajstić information content (AvgIpc) is 2.40. The van der Waals surface area contributed by atoms with E-state index in [1.54, 1.807) is 0 Å². The van der Waals surface area contributed by atoms with Crippen molar-refractivity contribution in [3.8, 4) is 11.5 Å². The van der Waals surface area contributed by atoms with Crippen LogP contribution < -0.4 is 5.32 Å². The lowest BCUT2D eigenvalue weighted by atomic mass is 9.96. The van der Waals surface area contributed by atoms with E-state index in [2.05, 4.69) is 19.2 Å². The van der Waals surface area contributed by atoms with Crippen LogP contribution in [0.25, 0.3) is 0 Å². The quantitative estimate of drug-likeness (QED) is 0.573. The molecule has 0 bridgehead atoms. The SMILES string of the molecule is CCC(CC)C(O)CNC(C)c1cc(O)ccc1O. The largest absolute Gasteiger partial charge is 0.508 e. The summed E-state index contributed by atoms with van der Waals surface area (Å²) in [5, 5.41) is 32.4. The average molecular weight is 267 g/mol. The molecule has 0 aliphatic heterocycles. The van der Waals surface area contributed by atoms with E-state index in [4.69, 9.17) is 0 Å². The van der Waals surface area contributed by atoms with Crippen LogP contribution in [0.5, 0.6) is 11.5 Å². The molecule has 1 aromatic carbocycles. The van der Waals surface area contributed by atoms with Gasteiger partial charge in [-0.15, -0.1) is 0 Å². The Kier molecular flexibility index (Phi) is 6.12. The fourth-order valence-corrected chi connectivity index (χ4v) is 2.30. The number of rotatable bonds is 7. The second-order valence-corrected chi connectivity index (χ2v) is 5.02. The third kappa shape index (κ3) is 4.40. The summed E-state index contributed by atoms with van der Waals surface area (Å²) in [6.07, 6.45) is 1.51. The summed E-state index contributed by atoms with van der Waals surface area (Å²) in [7, 11) is 0. The number of benzene rings is 1. The van der Waals surface area contributed by atoms with Gasteiger partial charge < -0.3 is 20.6 Å². The van der Waals surface area contributed by atoms with Crippen molar-refractivity contribution in [2.45, 2.75) is 45.8 Å². The van der Waals surface area contributed by atoms with Gasteiger partial charge in [-0.25, -0.2) is 0 Å². The van der Waals surface area contributed by atoms with E-state index < -0.39 is 6.10 Å². The molecule has 0 aliphatic rings. The first kappa shape index (κ1) is 15.8. The Morgan fingerprint density at radius 2 is 1.79 bits per heavy atom. The van der Waals surface area contributed by atoms with Crippen LogP contribution in [0.1, 0.15) is 45.2 Å². The highest BCUT2D eigenvalue weighted by Crippen LogP contribution is 2.27. The Bertz CT molecular complexity index is 391. The van der Waals surface area contributed by atoms with Gasteiger partial charge >= 0.3 is 0 Å². The Morgan fingerprint density at radius 3 is 2.37 bits per heavy atom. The lowest BCUT2D eigenvalue weighted by Gasteiger charge is -2.23. The Morgan fingerprint density at radius 1 is 1.16 bits per heavy atom. The van der Waals surface area contributed by atoms with Crippen LogP contribution in [0, 0.1) is 5.92 Å². The topological polar surface area (TPSA) is 72.7 Å². The molecule has 108 valence electrons. The van der Waals surface area contributed by atoms with Crippen LogP contribution in [-0.4, -0.2) is 28.0 Å². The summed E-state index contributed by atoms with van der Waals surface area (Å²) < 4.78 is 0. The second-order valence-electron chi connectivity index (χ2n) is 5.02. The molecule has 1 aromatic rings. The summed E-state index contributed by atoms with van der Waals surface area (Å²) in [5.41, 5.74) is 0.636. The van der Waals surface area contributed by atoms with E-state index in [1.807, 2.05) is 6.92 Å². The highest BCUT2D eigenvalue weighted by molar-refractivity contribution is 5.40. The second kappa shape index (κ2) is 7.36. The van der Waals surface area contributed by atoms with Crippen molar-refractivity contribution in [2.75, 3.05) is 6.54 Å². The Hall–Kier alpha value is -1.26. The van der Waals surface area contributed by atoms with Gasteiger partial charge in [0.15, 0.2) is 0 Å². The highest BCUT2D eigenvalue weighted by Gasteiger charge is 2.17. The van der Waals surface area contributed by atoms with Gasteiger partial charge in [0.05, 0.1) is 6.10 Å². The molecular formula is C15H25NO3. The van der Waals surface area contributed by atoms with Crippen molar-refractivity contribution in [1.82, 2.24) is 5.32 Å². The van der Waals surface area contributed by atoms with Gasteiger partial charge in [-0.3, -0.25) is 0 Å². The fraction of sp³-hybridized carbons (Fsp3) is 0.600. The molecule has 19 heavy (non-hydrogen) atoms. The minimum Gasteiger partial charge on any atom is -0.508 e. The molecule has 0 heterocycles. The van der Waals surface area contributed by atoms with Crippen LogP contribution >= 0.6 is 0 Å². The van der Waals surface area contributed by atoms with Gasteiger partial charge in [-0.1, -0.05) is 26.7 Å². The maximum Gasteiger partial charge on any atom is 0.120 e. The zero-order valence-corrected chi connectivity index (χ0v) is 11.9. The molecule has 2 atom stereocenters. The molecule has 4 nitrogen and oxygen atoms in total. The van der Waals surface area contributed by atoms with Gasteiger partial charge in [0, 0.05) is 18.2 Å². The summed E-state index contributed by atoms with van der Waals surface area (Å²) in [5.74, 6) is 0.564. The third-order valence-electron chi connectivity index (χ3n) is 3.70. The standard InChI is InChI=1S/C15H25NO3/c1-4-11(5-2)15(19)9-16-10(3)13-8-12(17)6-7-14(13)18/h6-8,10-11,15-19H,4-5,9H2,1-3H3. The minimum absolute atomic E-state index is 0.127. The molecule has 1 rings (SSSR count). The molecule has 0 saturated heterocycles. The molecule has 2 unspecified atom stereocenters. The zero-order chi connectivity index (χ0) is 14.4. The van der Waals surface area contributed by atoms with E-state index >= 15 is 0 Å². The number of aromatic hydroxyl groups is 2. The van der Waals surface area contributed by atoms with Gasteiger partial charge in [0.25, 0.3) is 0 Å². The van der Waals surface area contributed by atoms with Crippen LogP contribution in [0.3, 0.4) is 0 Å². The molecule has 0 amide bonds. The maximum atomic E-state index is 10.1. The molecule has 4 heteroatoms. The zero-order valence-electron chi connectivity index (χ0n) is 11.9. The first-order valence-electron chi connectivity index (χ1n) is 6.92. The van der Waals surface area contributed by atoms with Crippen molar-refractivity contribution in [3.63, 3.8) is 0 Å². The molecule has 0 fully saturated rings. The molecule has 0 spiro atoms. The number of aliphatic hydroxyl groups is 1. The Balaban J connectivity index is 2.60. The summed E-state index contributed by atoms with van der Waals surface area (Å²) in [6.45, 7) is 6.51. The predicted molar refractivity (Wildman–Crippen MR) is 76.3 cm³/mol. The fourth-order valence-electron chi connectivity index (χ4n) is 2.30. The van der Waals surface area contributed by atoms with Gasteiger partial charge in [0.1, 0.15) is 11.5 Å². The lowest BCUT2D eigenvalue weighted by molar-refractivity contribution is 0.0988. The molecular weight excluding hydrogens is 242 g/mol. The lowest BCUT2D eigenvalue weighted by Crippen LogP contribution is -2.33. The van der Waals surface area contributed by atoms with Crippen molar-refractivity contribution in [1.29, 1.82) is 0 Å². The van der Waals surface area contributed by atoms with Crippen LogP contribution in [0.4, 0.5) is 0 Å². The van der Waals surface area contributed by atoms with Crippen LogP contribution in [-0.2, 0) is 0 Å². The highest BCUT2D eigenvalue weighted by atomic mass is 16.3. The first-order valence-corrected chi connectivity index (χ1v) is 6.92. The number of aliphatic hydroxyl groups excluding tert-OH is 1. The van der Waals surface area contributed by atoms with E-state index in [-0.39, 0.29) is 23.5 Å². The summed E-state index contributed by atoms with van der Waals surface area (Å²) >= 11 is 0.